The van der Waals surface area contributed by atoms with E-state index in [2.05, 4.69) is 5.32 Å². The van der Waals surface area contributed by atoms with Crippen LogP contribution in [-0.4, -0.2) is 22.3 Å². The van der Waals surface area contributed by atoms with Crippen molar-refractivity contribution in [2.24, 2.45) is 17.8 Å². The zero-order valence-electron chi connectivity index (χ0n) is 12.9. The number of halogens is 1. The second-order valence-corrected chi connectivity index (χ2v) is 7.69. The van der Waals surface area contributed by atoms with E-state index in [1.54, 1.807) is 18.2 Å². The SMILES string of the molecule is Cl.Oc1cccc(C(O)CNC23CC4CC(CC(C4)C2)C3)c1. The highest BCUT2D eigenvalue weighted by atomic mass is 35.5. The third-order valence-electron chi connectivity index (χ3n) is 5.96. The fourth-order valence-electron chi connectivity index (χ4n) is 5.49. The van der Waals surface area contributed by atoms with E-state index >= 15 is 0 Å². The van der Waals surface area contributed by atoms with Gasteiger partial charge < -0.3 is 15.5 Å². The van der Waals surface area contributed by atoms with Crippen LogP contribution in [0.3, 0.4) is 0 Å². The van der Waals surface area contributed by atoms with Crippen LogP contribution < -0.4 is 5.32 Å². The van der Waals surface area contributed by atoms with Gasteiger partial charge in [-0.2, -0.15) is 0 Å². The molecule has 1 unspecified atom stereocenters. The first-order valence-corrected chi connectivity index (χ1v) is 8.34. The van der Waals surface area contributed by atoms with Crippen molar-refractivity contribution in [3.8, 4) is 5.75 Å². The molecule has 1 aromatic carbocycles. The van der Waals surface area contributed by atoms with Gasteiger partial charge in [-0.1, -0.05) is 12.1 Å². The van der Waals surface area contributed by atoms with Crippen LogP contribution in [0.4, 0.5) is 0 Å². The smallest absolute Gasteiger partial charge is 0.115 e. The van der Waals surface area contributed by atoms with Crippen LogP contribution in [0.5, 0.6) is 5.75 Å². The first-order chi connectivity index (χ1) is 10.1. The van der Waals surface area contributed by atoms with Crippen molar-refractivity contribution in [2.45, 2.75) is 50.2 Å². The Bertz CT molecular complexity index is 498. The van der Waals surface area contributed by atoms with E-state index in [4.69, 9.17) is 0 Å². The number of phenolic OH excluding ortho intramolecular Hbond substituents is 1. The fraction of sp³-hybridized carbons (Fsp3) is 0.667. The molecule has 1 atom stereocenters. The van der Waals surface area contributed by atoms with Crippen molar-refractivity contribution >= 4 is 12.4 Å². The van der Waals surface area contributed by atoms with E-state index in [-0.39, 0.29) is 23.7 Å². The lowest BCUT2D eigenvalue weighted by Crippen LogP contribution is -2.59. The molecule has 0 radical (unpaired) electrons. The topological polar surface area (TPSA) is 52.5 Å². The molecule has 4 aliphatic carbocycles. The minimum Gasteiger partial charge on any atom is -0.508 e. The first-order valence-electron chi connectivity index (χ1n) is 8.34. The van der Waals surface area contributed by atoms with Crippen molar-refractivity contribution in [3.05, 3.63) is 29.8 Å². The Hall–Kier alpha value is -0.770. The van der Waals surface area contributed by atoms with Crippen LogP contribution in [0.2, 0.25) is 0 Å². The van der Waals surface area contributed by atoms with E-state index < -0.39 is 6.10 Å². The Kier molecular flexibility index (Phi) is 4.41. The van der Waals surface area contributed by atoms with Crippen LogP contribution in [0.1, 0.15) is 50.2 Å². The van der Waals surface area contributed by atoms with Gasteiger partial charge in [0.05, 0.1) is 6.10 Å². The van der Waals surface area contributed by atoms with Gasteiger partial charge in [-0.05, 0) is 74.0 Å². The molecule has 1 aromatic rings. The van der Waals surface area contributed by atoms with E-state index in [1.807, 2.05) is 6.07 Å². The minimum atomic E-state index is -0.537. The van der Waals surface area contributed by atoms with Crippen molar-refractivity contribution in [3.63, 3.8) is 0 Å². The molecular formula is C18H26ClNO2. The predicted molar refractivity (Wildman–Crippen MR) is 89.2 cm³/mol. The molecule has 0 heterocycles. The molecule has 4 aliphatic rings. The molecule has 4 fully saturated rings. The highest BCUT2D eigenvalue weighted by Gasteiger charge is 2.50. The van der Waals surface area contributed by atoms with E-state index in [0.29, 0.717) is 6.54 Å². The van der Waals surface area contributed by atoms with Gasteiger partial charge in [-0.25, -0.2) is 0 Å². The molecule has 5 rings (SSSR count). The highest BCUT2D eigenvalue weighted by Crippen LogP contribution is 2.55. The summed E-state index contributed by atoms with van der Waals surface area (Å²) in [6, 6.07) is 6.97. The number of aliphatic hydroxyl groups is 1. The number of rotatable bonds is 4. The molecule has 3 N–H and O–H groups in total. The van der Waals surface area contributed by atoms with Gasteiger partial charge >= 0.3 is 0 Å². The van der Waals surface area contributed by atoms with Crippen molar-refractivity contribution in [1.82, 2.24) is 5.32 Å². The summed E-state index contributed by atoms with van der Waals surface area (Å²) in [5, 5.41) is 23.6. The normalized spacial score (nSPS) is 36.9. The van der Waals surface area contributed by atoms with E-state index in [0.717, 1.165) is 23.3 Å². The molecule has 0 saturated heterocycles. The van der Waals surface area contributed by atoms with Gasteiger partial charge in [0.15, 0.2) is 0 Å². The minimum absolute atomic E-state index is 0. The van der Waals surface area contributed by atoms with Crippen molar-refractivity contribution < 1.29 is 10.2 Å². The molecule has 4 bridgehead atoms. The molecule has 0 amide bonds. The molecule has 3 nitrogen and oxygen atoms in total. The second kappa shape index (κ2) is 6.03. The molecular weight excluding hydrogens is 298 g/mol. The standard InChI is InChI=1S/C18H25NO2.ClH/c20-16-3-1-2-15(7-16)17(21)11-19-18-8-12-4-13(9-18)6-14(5-12)10-18;/h1-3,7,12-14,17,19-21H,4-6,8-11H2;1H. The van der Waals surface area contributed by atoms with Gasteiger partial charge in [-0.3, -0.25) is 0 Å². The summed E-state index contributed by atoms with van der Waals surface area (Å²) in [7, 11) is 0. The maximum atomic E-state index is 10.4. The molecule has 0 spiro atoms. The summed E-state index contributed by atoms with van der Waals surface area (Å²) in [4.78, 5) is 0. The maximum absolute atomic E-state index is 10.4. The Labute approximate surface area is 138 Å². The van der Waals surface area contributed by atoms with Gasteiger partial charge in [0.25, 0.3) is 0 Å². The molecule has 0 aromatic heterocycles. The molecule has 22 heavy (non-hydrogen) atoms. The molecule has 4 heteroatoms. The average molecular weight is 324 g/mol. The van der Waals surface area contributed by atoms with Gasteiger partial charge in [0.2, 0.25) is 0 Å². The van der Waals surface area contributed by atoms with Gasteiger partial charge in [-0.15, -0.1) is 12.4 Å². The zero-order chi connectivity index (χ0) is 14.4. The third kappa shape index (κ3) is 2.99. The summed E-state index contributed by atoms with van der Waals surface area (Å²) in [5.74, 6) is 2.98. The number of benzene rings is 1. The first kappa shape index (κ1) is 16.1. The highest BCUT2D eigenvalue weighted by molar-refractivity contribution is 5.85. The van der Waals surface area contributed by atoms with Crippen LogP contribution in [0.15, 0.2) is 24.3 Å². The number of phenols is 1. The largest absolute Gasteiger partial charge is 0.508 e. The average Bonchev–Trinajstić information content (AvgIpc) is 2.43. The Morgan fingerprint density at radius 1 is 1.09 bits per heavy atom. The lowest BCUT2D eigenvalue weighted by Gasteiger charge is -2.57. The van der Waals surface area contributed by atoms with Gasteiger partial charge in [0.1, 0.15) is 5.75 Å². The van der Waals surface area contributed by atoms with Crippen LogP contribution in [0, 0.1) is 17.8 Å². The van der Waals surface area contributed by atoms with E-state index in [9.17, 15) is 10.2 Å². The van der Waals surface area contributed by atoms with Crippen molar-refractivity contribution in [2.75, 3.05) is 6.54 Å². The summed E-state index contributed by atoms with van der Waals surface area (Å²) in [5.41, 5.74) is 1.08. The summed E-state index contributed by atoms with van der Waals surface area (Å²) < 4.78 is 0. The molecule has 4 saturated carbocycles. The van der Waals surface area contributed by atoms with Gasteiger partial charge in [0, 0.05) is 12.1 Å². The summed E-state index contributed by atoms with van der Waals surface area (Å²) in [6.07, 6.45) is 7.68. The van der Waals surface area contributed by atoms with E-state index in [1.165, 1.54) is 38.5 Å². The summed E-state index contributed by atoms with van der Waals surface area (Å²) >= 11 is 0. The van der Waals surface area contributed by atoms with Crippen LogP contribution in [-0.2, 0) is 0 Å². The number of hydrogen-bond donors (Lipinski definition) is 3. The number of nitrogens with one attached hydrogen (secondary N) is 1. The predicted octanol–water partition coefficient (Wildman–Crippen LogP) is 3.41. The number of aliphatic hydroxyl groups excluding tert-OH is 1. The van der Waals surface area contributed by atoms with Crippen LogP contribution >= 0.6 is 12.4 Å². The monoisotopic (exact) mass is 323 g/mol. The fourth-order valence-corrected chi connectivity index (χ4v) is 5.49. The Morgan fingerprint density at radius 3 is 2.23 bits per heavy atom. The molecule has 122 valence electrons. The zero-order valence-corrected chi connectivity index (χ0v) is 13.7. The Balaban J connectivity index is 0.00000144. The Morgan fingerprint density at radius 2 is 1.68 bits per heavy atom. The maximum Gasteiger partial charge on any atom is 0.115 e. The number of aromatic hydroxyl groups is 1. The number of hydrogen-bond acceptors (Lipinski definition) is 3. The quantitative estimate of drug-likeness (QED) is 0.796. The lowest BCUT2D eigenvalue weighted by atomic mass is 9.53. The van der Waals surface area contributed by atoms with Crippen molar-refractivity contribution in [1.29, 1.82) is 0 Å². The lowest BCUT2D eigenvalue weighted by molar-refractivity contribution is -0.0248. The van der Waals surface area contributed by atoms with Crippen LogP contribution in [0.25, 0.3) is 0 Å². The second-order valence-electron chi connectivity index (χ2n) is 7.69. The summed E-state index contributed by atoms with van der Waals surface area (Å²) in [6.45, 7) is 0.593. The number of β-amino-alcohol motifs (C(OH)–C–C–N with tert-alkyl or cyclic N) is 1. The third-order valence-corrected chi connectivity index (χ3v) is 5.96. The molecule has 0 aliphatic heterocycles.